The number of carbonyl (C=O) groups excluding carboxylic acids is 2. The van der Waals surface area contributed by atoms with Crippen molar-refractivity contribution in [3.05, 3.63) is 94.0 Å². The number of ketones is 1. The number of aliphatic hydroxyl groups is 1. The molecule has 1 amide bonds. The van der Waals surface area contributed by atoms with Crippen molar-refractivity contribution >= 4 is 23.1 Å². The van der Waals surface area contributed by atoms with Gasteiger partial charge >= 0.3 is 24.7 Å². The van der Waals surface area contributed by atoms with E-state index in [9.17, 15) is 67.4 Å². The van der Waals surface area contributed by atoms with Gasteiger partial charge in [0, 0.05) is 33.6 Å². The predicted octanol–water partition coefficient (Wildman–Crippen LogP) is 8.98. The summed E-state index contributed by atoms with van der Waals surface area (Å²) in [5.74, 6) is -1.81. The monoisotopic (exact) mass is 744 g/mol. The maximum absolute atomic E-state index is 14.4. The van der Waals surface area contributed by atoms with Crippen molar-refractivity contribution in [2.45, 2.75) is 75.1 Å². The highest BCUT2D eigenvalue weighted by atomic mass is 19.4. The summed E-state index contributed by atoms with van der Waals surface area (Å²) in [7, 11) is 0. The van der Waals surface area contributed by atoms with Crippen LogP contribution in [0.25, 0.3) is 0 Å². The van der Waals surface area contributed by atoms with E-state index in [1.807, 2.05) is 5.32 Å². The molecule has 0 saturated carbocycles. The zero-order valence-corrected chi connectivity index (χ0v) is 26.6. The molecule has 0 spiro atoms. The van der Waals surface area contributed by atoms with Gasteiger partial charge in [-0.3, -0.25) is 9.59 Å². The van der Waals surface area contributed by atoms with Crippen LogP contribution in [-0.4, -0.2) is 53.6 Å². The number of alkyl halides is 12. The van der Waals surface area contributed by atoms with Gasteiger partial charge in [-0.05, 0) is 74.2 Å². The van der Waals surface area contributed by atoms with Crippen molar-refractivity contribution in [1.82, 2.24) is 0 Å². The number of hydrogen-bond acceptors (Lipinski definition) is 5. The predicted molar refractivity (Wildman–Crippen MR) is 158 cm³/mol. The SMILES string of the molecule is CC[C@]1(C)COC(C(F)(F)F)(C(F)(F)F)c2cc(Cc3ccc(NC(=O)c4cccc(C(C)=O)c4)c(C(O)(C(F)(F)F)C(F)(F)F)c3)ccc2N1. The van der Waals surface area contributed by atoms with E-state index in [2.05, 4.69) is 10.1 Å². The van der Waals surface area contributed by atoms with Crippen LogP contribution in [-0.2, 0) is 22.4 Å². The molecular formula is C33H28F12N2O4. The lowest BCUT2D eigenvalue weighted by molar-refractivity contribution is -0.390. The number of nitrogens with one attached hydrogen (secondary N) is 2. The molecule has 1 aliphatic heterocycles. The lowest BCUT2D eigenvalue weighted by atomic mass is 9.86. The van der Waals surface area contributed by atoms with Crippen molar-refractivity contribution in [2.75, 3.05) is 17.2 Å². The summed E-state index contributed by atoms with van der Waals surface area (Å²) in [4.78, 5) is 24.6. The lowest BCUT2D eigenvalue weighted by Crippen LogP contribution is -2.56. The first-order valence-electron chi connectivity index (χ1n) is 14.8. The molecule has 0 fully saturated rings. The van der Waals surface area contributed by atoms with Crippen molar-refractivity contribution in [1.29, 1.82) is 0 Å². The van der Waals surface area contributed by atoms with E-state index in [0.717, 1.165) is 37.3 Å². The molecule has 3 aromatic carbocycles. The van der Waals surface area contributed by atoms with Gasteiger partial charge < -0.3 is 20.5 Å². The number of carbonyl (C=O) groups is 2. The Kier molecular flexibility index (Phi) is 10.1. The molecule has 18 heteroatoms. The molecule has 3 aromatic rings. The standard InChI is InChI=1S/C33H28F12N2O4/c1-4-27(3)16-51-29(32(40,41)42,33(43,44)45)23-14-19(9-11-25(23)47-27)12-18-8-10-24(22(13-18)28(50,30(34,35)36)31(37,38)39)46-26(49)21-7-5-6-20(15-21)17(2)48/h5-11,13-15,47,50H,4,12,16H2,1-3H3,(H,46,49)/t27-/m1/s1. The van der Waals surface area contributed by atoms with Gasteiger partial charge in [-0.25, -0.2) is 0 Å². The average Bonchev–Trinajstić information content (AvgIpc) is 3.14. The second-order valence-electron chi connectivity index (χ2n) is 12.2. The quantitative estimate of drug-likeness (QED) is 0.166. The summed E-state index contributed by atoms with van der Waals surface area (Å²) in [5, 5.41) is 14.8. The fourth-order valence-electron chi connectivity index (χ4n) is 5.51. The number of halogens is 12. The zero-order valence-electron chi connectivity index (χ0n) is 26.6. The highest BCUT2D eigenvalue weighted by Crippen LogP contribution is 2.57. The van der Waals surface area contributed by atoms with Crippen LogP contribution in [0.1, 0.15) is 70.2 Å². The second-order valence-corrected chi connectivity index (χ2v) is 12.2. The molecule has 0 aromatic heterocycles. The topological polar surface area (TPSA) is 87.7 Å². The Hall–Kier alpha value is -4.32. The summed E-state index contributed by atoms with van der Waals surface area (Å²) < 4.78 is 176. The van der Waals surface area contributed by atoms with E-state index < -0.39 is 99.8 Å². The normalized spacial score (nSPS) is 18.4. The fraction of sp³-hybridized carbons (Fsp3) is 0.394. The first-order valence-corrected chi connectivity index (χ1v) is 14.8. The van der Waals surface area contributed by atoms with Gasteiger partial charge in [0.15, 0.2) is 5.78 Å². The zero-order chi connectivity index (χ0) is 38.6. The number of ether oxygens (including phenoxy) is 1. The summed E-state index contributed by atoms with van der Waals surface area (Å²) in [6.45, 7) is 2.87. The van der Waals surface area contributed by atoms with E-state index in [-0.39, 0.29) is 23.6 Å². The molecule has 51 heavy (non-hydrogen) atoms. The molecule has 0 aliphatic carbocycles. The van der Waals surface area contributed by atoms with Crippen LogP contribution < -0.4 is 10.6 Å². The Bertz CT molecular complexity index is 1790. The molecule has 0 saturated heterocycles. The minimum atomic E-state index is -6.46. The van der Waals surface area contributed by atoms with Gasteiger partial charge in [-0.15, -0.1) is 0 Å². The van der Waals surface area contributed by atoms with Gasteiger partial charge in [0.1, 0.15) is 0 Å². The molecule has 0 unspecified atom stereocenters. The molecule has 278 valence electrons. The van der Waals surface area contributed by atoms with E-state index in [1.165, 1.54) is 26.0 Å². The van der Waals surface area contributed by atoms with Gasteiger partial charge in [-0.1, -0.05) is 31.2 Å². The van der Waals surface area contributed by atoms with Crippen LogP contribution in [0, 0.1) is 0 Å². The molecule has 3 N–H and O–H groups in total. The molecule has 1 heterocycles. The largest absolute Gasteiger partial charge is 0.430 e. The molecule has 0 bridgehead atoms. The number of anilines is 2. The first-order chi connectivity index (χ1) is 23.2. The van der Waals surface area contributed by atoms with Crippen LogP contribution in [0.3, 0.4) is 0 Å². The van der Waals surface area contributed by atoms with Crippen molar-refractivity contribution in [2.24, 2.45) is 0 Å². The van der Waals surface area contributed by atoms with E-state index in [0.29, 0.717) is 12.1 Å². The molecule has 1 aliphatic rings. The number of Topliss-reactive ketones (excluding diaryl/α,β-unsaturated/α-hetero) is 1. The maximum Gasteiger partial charge on any atom is 0.430 e. The van der Waals surface area contributed by atoms with Crippen molar-refractivity contribution < 1.29 is 72.1 Å². The summed E-state index contributed by atoms with van der Waals surface area (Å²) in [6, 6.07) is 8.49. The lowest BCUT2D eigenvalue weighted by Gasteiger charge is -2.37. The van der Waals surface area contributed by atoms with Gasteiger partial charge in [0.25, 0.3) is 17.1 Å². The number of fused-ring (bicyclic) bond motifs is 1. The Morgan fingerprint density at radius 1 is 0.824 bits per heavy atom. The van der Waals surface area contributed by atoms with Gasteiger partial charge in [0.2, 0.25) is 0 Å². The highest BCUT2D eigenvalue weighted by Gasteiger charge is 2.75. The smallest absolute Gasteiger partial charge is 0.377 e. The van der Waals surface area contributed by atoms with Crippen molar-refractivity contribution in [3.63, 3.8) is 0 Å². The fourth-order valence-corrected chi connectivity index (χ4v) is 5.51. The Labute approximate surface area is 281 Å². The molecule has 0 radical (unpaired) electrons. The van der Waals surface area contributed by atoms with E-state index >= 15 is 0 Å². The van der Waals surface area contributed by atoms with Crippen molar-refractivity contribution in [3.8, 4) is 0 Å². The van der Waals surface area contributed by atoms with Gasteiger partial charge in [0.05, 0.1) is 12.1 Å². The van der Waals surface area contributed by atoms with Crippen LogP contribution >= 0.6 is 0 Å². The minimum Gasteiger partial charge on any atom is -0.377 e. The molecule has 4 rings (SSSR count). The van der Waals surface area contributed by atoms with Crippen LogP contribution in [0.4, 0.5) is 64.1 Å². The third-order valence-corrected chi connectivity index (χ3v) is 8.57. The number of benzene rings is 3. The van der Waals surface area contributed by atoms with Gasteiger partial charge in [-0.2, -0.15) is 52.7 Å². The number of hydrogen-bond donors (Lipinski definition) is 3. The third kappa shape index (κ3) is 7.11. The van der Waals surface area contributed by atoms with Crippen LogP contribution in [0.2, 0.25) is 0 Å². The first kappa shape index (κ1) is 39.5. The Morgan fingerprint density at radius 2 is 1.37 bits per heavy atom. The molecule has 6 nitrogen and oxygen atoms in total. The number of rotatable bonds is 7. The summed E-state index contributed by atoms with van der Waals surface area (Å²) >= 11 is 0. The van der Waals surface area contributed by atoms with E-state index in [1.54, 1.807) is 0 Å². The van der Waals surface area contributed by atoms with Crippen LogP contribution in [0.5, 0.6) is 0 Å². The second kappa shape index (κ2) is 13.0. The summed E-state index contributed by atoms with van der Waals surface area (Å²) in [6.07, 6.45) is -25.9. The Morgan fingerprint density at radius 3 is 1.90 bits per heavy atom. The minimum absolute atomic E-state index is 0.00906. The summed E-state index contributed by atoms with van der Waals surface area (Å²) in [5.41, 5.74) is -18.5. The molecule has 1 atom stereocenters. The van der Waals surface area contributed by atoms with Crippen LogP contribution in [0.15, 0.2) is 60.7 Å². The maximum atomic E-state index is 14.4. The third-order valence-electron chi connectivity index (χ3n) is 8.57. The number of amides is 1. The highest BCUT2D eigenvalue weighted by molar-refractivity contribution is 6.06. The average molecular weight is 745 g/mol. The molecular weight excluding hydrogens is 716 g/mol. The Balaban J connectivity index is 1.89. The van der Waals surface area contributed by atoms with E-state index in [4.69, 9.17) is 0 Å².